The van der Waals surface area contributed by atoms with E-state index in [-0.39, 0.29) is 0 Å². The average Bonchev–Trinajstić information content (AvgIpc) is 2.03. The molecular formula is C9H9S. The minimum atomic E-state index is 1.24. The van der Waals surface area contributed by atoms with Gasteiger partial charge in [0.05, 0.1) is 0 Å². The lowest BCUT2D eigenvalue weighted by atomic mass is 10.4. The monoisotopic (exact) mass is 149 g/mol. The zero-order valence-corrected chi connectivity index (χ0v) is 6.69. The Morgan fingerprint density at radius 2 is 2.00 bits per heavy atom. The highest BCUT2D eigenvalue weighted by molar-refractivity contribution is 8.01. The summed E-state index contributed by atoms with van der Waals surface area (Å²) in [6, 6.07) is 10.2. The Morgan fingerprint density at radius 1 is 1.30 bits per heavy atom. The maximum Gasteiger partial charge on any atom is 0.0215 e. The van der Waals surface area contributed by atoms with Crippen molar-refractivity contribution in [2.45, 2.75) is 11.8 Å². The molecule has 0 unspecified atom stereocenters. The van der Waals surface area contributed by atoms with E-state index in [9.17, 15) is 0 Å². The topological polar surface area (TPSA) is 0 Å². The predicted octanol–water partition coefficient (Wildman–Crippen LogP) is 3.12. The van der Waals surface area contributed by atoms with Gasteiger partial charge in [0.25, 0.3) is 0 Å². The summed E-state index contributed by atoms with van der Waals surface area (Å²) in [5, 5.41) is 3.06. The van der Waals surface area contributed by atoms with Gasteiger partial charge in [0.1, 0.15) is 0 Å². The van der Waals surface area contributed by atoms with Crippen molar-refractivity contribution in [1.82, 2.24) is 0 Å². The highest BCUT2D eigenvalue weighted by Gasteiger charge is 1.84. The van der Waals surface area contributed by atoms with Crippen LogP contribution in [0.3, 0.4) is 0 Å². The zero-order chi connectivity index (χ0) is 7.23. The van der Waals surface area contributed by atoms with E-state index in [1.54, 1.807) is 11.8 Å². The lowest BCUT2D eigenvalue weighted by Gasteiger charge is -1.90. The smallest absolute Gasteiger partial charge is 0.0215 e. The lowest BCUT2D eigenvalue weighted by molar-refractivity contribution is 1.47. The van der Waals surface area contributed by atoms with Gasteiger partial charge in [0.2, 0.25) is 0 Å². The van der Waals surface area contributed by atoms with Crippen LogP contribution in [0.4, 0.5) is 0 Å². The number of allylic oxidation sites excluding steroid dienone is 1. The molecule has 51 valence electrons. The first-order chi connectivity index (χ1) is 4.93. The summed E-state index contributed by atoms with van der Waals surface area (Å²) < 4.78 is 0. The molecule has 0 heterocycles. The fourth-order valence-corrected chi connectivity index (χ4v) is 1.16. The number of rotatable bonds is 2. The van der Waals surface area contributed by atoms with Crippen LogP contribution in [0.1, 0.15) is 6.92 Å². The molecule has 0 aliphatic rings. The molecule has 0 N–H and O–H groups in total. The molecule has 0 fully saturated rings. The Balaban J connectivity index is 2.59. The first-order valence-electron chi connectivity index (χ1n) is 3.18. The van der Waals surface area contributed by atoms with Gasteiger partial charge in [-0.25, -0.2) is 0 Å². The number of hydrogen-bond acceptors (Lipinski definition) is 1. The van der Waals surface area contributed by atoms with Crippen molar-refractivity contribution < 1.29 is 0 Å². The van der Waals surface area contributed by atoms with Crippen molar-refractivity contribution in [2.75, 3.05) is 0 Å². The third-order valence-electron chi connectivity index (χ3n) is 1.04. The summed E-state index contributed by atoms with van der Waals surface area (Å²) in [4.78, 5) is 1.24. The van der Waals surface area contributed by atoms with E-state index < -0.39 is 0 Å². The van der Waals surface area contributed by atoms with Crippen molar-refractivity contribution >= 4 is 11.8 Å². The quantitative estimate of drug-likeness (QED) is 0.582. The molecule has 0 amide bonds. The van der Waals surface area contributed by atoms with Crippen LogP contribution in [0.15, 0.2) is 41.3 Å². The second-order valence-corrected chi connectivity index (χ2v) is 2.73. The Labute approximate surface area is 66.0 Å². The van der Waals surface area contributed by atoms with Gasteiger partial charge in [-0.05, 0) is 19.1 Å². The molecule has 0 aliphatic heterocycles. The Bertz CT molecular complexity index is 201. The molecule has 0 spiro atoms. The molecule has 1 rings (SSSR count). The van der Waals surface area contributed by atoms with Crippen molar-refractivity contribution in [2.24, 2.45) is 0 Å². The van der Waals surface area contributed by atoms with E-state index in [0.717, 1.165) is 0 Å². The largest absolute Gasteiger partial charge is 0.0893 e. The van der Waals surface area contributed by atoms with E-state index in [2.05, 4.69) is 17.5 Å². The molecule has 0 saturated carbocycles. The third kappa shape index (κ3) is 2.28. The normalized spacial score (nSPS) is 10.5. The predicted molar refractivity (Wildman–Crippen MR) is 45.8 cm³/mol. The number of thioether (sulfide) groups is 1. The van der Waals surface area contributed by atoms with Crippen LogP contribution in [0.25, 0.3) is 0 Å². The first kappa shape index (κ1) is 7.42. The summed E-state index contributed by atoms with van der Waals surface area (Å²) in [5.41, 5.74) is 0. The molecule has 1 aromatic rings. The number of hydrogen-bond donors (Lipinski definition) is 0. The van der Waals surface area contributed by atoms with Crippen LogP contribution in [-0.4, -0.2) is 0 Å². The molecule has 0 nitrogen and oxygen atoms in total. The Kier molecular flexibility index (Phi) is 3.10. The maximum absolute atomic E-state index is 3.06. The molecule has 10 heavy (non-hydrogen) atoms. The first-order valence-corrected chi connectivity index (χ1v) is 4.00. The molecule has 0 bridgehead atoms. The molecule has 0 saturated heterocycles. The van der Waals surface area contributed by atoms with E-state index in [4.69, 9.17) is 0 Å². The summed E-state index contributed by atoms with van der Waals surface area (Å²) >= 11 is 1.61. The lowest BCUT2D eigenvalue weighted by Crippen LogP contribution is -1.63. The average molecular weight is 149 g/mol. The maximum atomic E-state index is 3.06. The number of benzene rings is 1. The van der Waals surface area contributed by atoms with Crippen molar-refractivity contribution in [3.63, 3.8) is 0 Å². The van der Waals surface area contributed by atoms with Crippen LogP contribution in [0.2, 0.25) is 0 Å². The third-order valence-corrected chi connectivity index (χ3v) is 1.90. The van der Waals surface area contributed by atoms with E-state index in [0.29, 0.717) is 0 Å². The van der Waals surface area contributed by atoms with E-state index >= 15 is 0 Å². The van der Waals surface area contributed by atoms with Gasteiger partial charge in [0.15, 0.2) is 0 Å². The molecule has 1 aromatic carbocycles. The SMILES string of the molecule is C/C=[C]/Sc1ccccc1. The summed E-state index contributed by atoms with van der Waals surface area (Å²) in [6.07, 6.45) is 1.91. The van der Waals surface area contributed by atoms with Crippen molar-refractivity contribution in [3.8, 4) is 0 Å². The molecular weight excluding hydrogens is 140 g/mol. The summed E-state index contributed by atoms with van der Waals surface area (Å²) in [5.74, 6) is 0. The second kappa shape index (κ2) is 4.18. The van der Waals surface area contributed by atoms with Crippen molar-refractivity contribution in [3.05, 3.63) is 41.8 Å². The fraction of sp³-hybridized carbons (Fsp3) is 0.111. The van der Waals surface area contributed by atoms with Gasteiger partial charge in [0, 0.05) is 10.3 Å². The Morgan fingerprint density at radius 3 is 2.60 bits per heavy atom. The summed E-state index contributed by atoms with van der Waals surface area (Å²) in [7, 11) is 0. The zero-order valence-electron chi connectivity index (χ0n) is 5.87. The van der Waals surface area contributed by atoms with Crippen LogP contribution in [-0.2, 0) is 0 Å². The molecule has 0 aliphatic carbocycles. The molecule has 0 aromatic heterocycles. The van der Waals surface area contributed by atoms with E-state index in [1.165, 1.54) is 4.90 Å². The highest BCUT2D eigenvalue weighted by Crippen LogP contribution is 2.16. The fourth-order valence-electron chi connectivity index (χ4n) is 0.616. The van der Waals surface area contributed by atoms with Gasteiger partial charge in [-0.2, -0.15) is 0 Å². The minimum absolute atomic E-state index is 1.24. The summed E-state index contributed by atoms with van der Waals surface area (Å²) in [6.45, 7) is 1.97. The highest BCUT2D eigenvalue weighted by atomic mass is 32.2. The molecule has 0 atom stereocenters. The second-order valence-electron chi connectivity index (χ2n) is 1.82. The van der Waals surface area contributed by atoms with Gasteiger partial charge in [-0.3, -0.25) is 0 Å². The molecule has 1 heteroatoms. The van der Waals surface area contributed by atoms with Gasteiger partial charge in [-0.15, -0.1) is 0 Å². The van der Waals surface area contributed by atoms with Gasteiger partial charge >= 0.3 is 0 Å². The Hall–Kier alpha value is -0.690. The van der Waals surface area contributed by atoms with Crippen molar-refractivity contribution in [1.29, 1.82) is 0 Å². The van der Waals surface area contributed by atoms with Gasteiger partial charge in [-0.1, -0.05) is 36.0 Å². The van der Waals surface area contributed by atoms with Crippen LogP contribution in [0.5, 0.6) is 0 Å². The van der Waals surface area contributed by atoms with Crippen LogP contribution < -0.4 is 0 Å². The van der Waals surface area contributed by atoms with E-state index in [1.807, 2.05) is 31.2 Å². The standard InChI is InChI=1S/C9H9S/c1-2-8-10-9-6-4-3-5-7-9/h2-7H,1H3. The van der Waals surface area contributed by atoms with Gasteiger partial charge < -0.3 is 0 Å². The van der Waals surface area contributed by atoms with Crippen LogP contribution >= 0.6 is 11.8 Å². The van der Waals surface area contributed by atoms with Crippen LogP contribution in [0, 0.1) is 5.41 Å². The molecule has 1 radical (unpaired) electrons. The minimum Gasteiger partial charge on any atom is -0.0893 e.